The zero-order valence-corrected chi connectivity index (χ0v) is 26.2. The van der Waals surface area contributed by atoms with Crippen LogP contribution in [-0.2, 0) is 18.3 Å². The van der Waals surface area contributed by atoms with Gasteiger partial charge >= 0.3 is 6.09 Å². The van der Waals surface area contributed by atoms with Crippen LogP contribution in [0.25, 0.3) is 33.6 Å². The lowest BCUT2D eigenvalue weighted by atomic mass is 9.98. The van der Waals surface area contributed by atoms with E-state index < -0.39 is 11.7 Å². The number of aldehydes is 1. The van der Waals surface area contributed by atoms with E-state index in [1.807, 2.05) is 51.4 Å². The lowest BCUT2D eigenvalue weighted by molar-refractivity contribution is 0.0412. The minimum absolute atomic E-state index is 0.00191. The van der Waals surface area contributed by atoms with E-state index in [1.54, 1.807) is 24.1 Å². The lowest BCUT2D eigenvalue weighted by Crippen LogP contribution is -2.53. The van der Waals surface area contributed by atoms with Crippen molar-refractivity contribution in [2.45, 2.75) is 77.6 Å². The second-order valence-electron chi connectivity index (χ2n) is 13.1. The molecule has 6 rings (SSSR count). The number of imidazole rings is 1. The molecule has 1 saturated carbocycles. The Morgan fingerprint density at radius 3 is 2.55 bits per heavy atom. The van der Waals surface area contributed by atoms with E-state index in [2.05, 4.69) is 20.9 Å². The number of hydrogen-bond acceptors (Lipinski definition) is 7. The third kappa shape index (κ3) is 5.75. The topological polar surface area (TPSA) is 121 Å². The predicted octanol–water partition coefficient (Wildman–Crippen LogP) is 5.34. The van der Waals surface area contributed by atoms with E-state index in [1.165, 1.54) is 0 Å². The van der Waals surface area contributed by atoms with Crippen LogP contribution in [0.1, 0.15) is 74.2 Å². The van der Waals surface area contributed by atoms with Crippen LogP contribution in [0.4, 0.5) is 4.79 Å². The number of ether oxygens (including phenoxy) is 2. The van der Waals surface area contributed by atoms with Crippen LogP contribution in [0.15, 0.2) is 30.3 Å². The number of rotatable bonds is 7. The highest BCUT2D eigenvalue weighted by molar-refractivity contribution is 6.00. The molecule has 2 fully saturated rings. The molecule has 1 N–H and O–H groups in total. The van der Waals surface area contributed by atoms with Gasteiger partial charge in [-0.2, -0.15) is 0 Å². The number of aryl methyl sites for hydroxylation is 1. The van der Waals surface area contributed by atoms with Crippen molar-refractivity contribution in [1.29, 1.82) is 0 Å². The summed E-state index contributed by atoms with van der Waals surface area (Å²) in [5.41, 5.74) is 3.35. The van der Waals surface area contributed by atoms with Crippen molar-refractivity contribution in [2.24, 2.45) is 13.0 Å². The van der Waals surface area contributed by atoms with Crippen molar-refractivity contribution in [2.75, 3.05) is 13.7 Å². The van der Waals surface area contributed by atoms with Gasteiger partial charge in [-0.3, -0.25) is 9.59 Å². The number of carbonyl (C=O) groups is 3. The first-order valence-corrected chi connectivity index (χ1v) is 15.3. The third-order valence-electron chi connectivity index (χ3n) is 8.52. The summed E-state index contributed by atoms with van der Waals surface area (Å²) in [7, 11) is 3.53. The molecule has 1 saturated heterocycles. The average molecular weight is 601 g/mol. The number of nitrogens with one attached hydrogen (secondary N) is 1. The van der Waals surface area contributed by atoms with E-state index >= 15 is 0 Å². The van der Waals surface area contributed by atoms with E-state index in [-0.39, 0.29) is 18.0 Å². The summed E-state index contributed by atoms with van der Waals surface area (Å²) >= 11 is 0. The van der Waals surface area contributed by atoms with Gasteiger partial charge in [-0.1, -0.05) is 0 Å². The summed E-state index contributed by atoms with van der Waals surface area (Å²) in [6.07, 6.45) is 4.13. The Kier molecular flexibility index (Phi) is 7.59. The van der Waals surface area contributed by atoms with Crippen molar-refractivity contribution in [3.63, 3.8) is 0 Å². The maximum Gasteiger partial charge on any atom is 0.407 e. The molecule has 2 aliphatic rings. The fourth-order valence-corrected chi connectivity index (χ4v) is 6.10. The van der Waals surface area contributed by atoms with Gasteiger partial charge in [-0.05, 0) is 89.6 Å². The molecule has 4 heterocycles. The summed E-state index contributed by atoms with van der Waals surface area (Å²) in [6.45, 7) is 8.67. The molecule has 1 aliphatic carbocycles. The van der Waals surface area contributed by atoms with E-state index in [4.69, 9.17) is 14.5 Å². The molecule has 2 atom stereocenters. The average Bonchev–Trinajstić information content (AvgIpc) is 3.65. The second-order valence-corrected chi connectivity index (χ2v) is 13.1. The molecule has 0 spiro atoms. The van der Waals surface area contributed by atoms with Gasteiger partial charge in [0, 0.05) is 43.2 Å². The summed E-state index contributed by atoms with van der Waals surface area (Å²) in [4.78, 5) is 49.3. The standard InChI is InChI=1S/C33H40N6O5/c1-19-7-11-23(35-32(42)44-33(2,3)4)17-38(19)31(41)22-13-25-28(27(15-22)43-6)37(5)30(36-25)26-14-21-10-12-24(18-40)34-29(21)39(26)16-20-8-9-20/h10,12-15,18-20,23H,7-9,11,16-17H2,1-6H3,(H,35,42)/t19-,23+/m0/s1. The molecule has 1 aliphatic heterocycles. The number of piperidine rings is 1. The number of fused-ring (bicyclic) bond motifs is 2. The van der Waals surface area contributed by atoms with Crippen LogP contribution in [0.3, 0.4) is 0 Å². The molecule has 2 amide bonds. The van der Waals surface area contributed by atoms with Gasteiger partial charge in [-0.25, -0.2) is 14.8 Å². The number of benzene rings is 1. The molecule has 11 heteroatoms. The molecule has 0 unspecified atom stereocenters. The quantitative estimate of drug-likeness (QED) is 0.284. The Labute approximate surface area is 256 Å². The maximum absolute atomic E-state index is 14.0. The Hall–Kier alpha value is -4.41. The molecule has 232 valence electrons. The van der Waals surface area contributed by atoms with Crippen LogP contribution in [0, 0.1) is 5.92 Å². The van der Waals surface area contributed by atoms with Gasteiger partial charge < -0.3 is 28.8 Å². The van der Waals surface area contributed by atoms with Crippen LogP contribution in [0.2, 0.25) is 0 Å². The third-order valence-corrected chi connectivity index (χ3v) is 8.52. The van der Waals surface area contributed by atoms with Crippen LogP contribution >= 0.6 is 0 Å². The molecule has 11 nitrogen and oxygen atoms in total. The highest BCUT2D eigenvalue weighted by Gasteiger charge is 2.33. The normalized spacial score (nSPS) is 18.9. The Balaban J connectivity index is 1.35. The minimum Gasteiger partial charge on any atom is -0.494 e. The number of methoxy groups -OCH3 is 1. The number of nitrogens with zero attached hydrogens (tertiary/aromatic N) is 5. The van der Waals surface area contributed by atoms with Crippen LogP contribution in [-0.4, -0.2) is 73.6 Å². The lowest BCUT2D eigenvalue weighted by Gasteiger charge is -2.38. The highest BCUT2D eigenvalue weighted by Crippen LogP contribution is 2.38. The van der Waals surface area contributed by atoms with Gasteiger partial charge in [0.1, 0.15) is 28.2 Å². The van der Waals surface area contributed by atoms with E-state index in [0.29, 0.717) is 35.0 Å². The van der Waals surface area contributed by atoms with Crippen molar-refractivity contribution in [3.05, 3.63) is 41.6 Å². The number of aromatic nitrogens is 4. The second kappa shape index (κ2) is 11.3. The summed E-state index contributed by atoms with van der Waals surface area (Å²) in [5.74, 6) is 1.70. The number of amides is 2. The highest BCUT2D eigenvalue weighted by atomic mass is 16.6. The minimum atomic E-state index is -0.601. The largest absolute Gasteiger partial charge is 0.494 e. The SMILES string of the molecule is COc1cc(C(=O)N2C[C@H](NC(=O)OC(C)(C)C)CC[C@@H]2C)cc2nc(-c3cc4ccc(C=O)nc4n3CC3CC3)n(C)c12. The zero-order valence-electron chi connectivity index (χ0n) is 26.2. The first-order valence-electron chi connectivity index (χ1n) is 15.3. The van der Waals surface area contributed by atoms with Gasteiger partial charge in [0.15, 0.2) is 12.1 Å². The zero-order chi connectivity index (χ0) is 31.3. The Morgan fingerprint density at radius 2 is 1.86 bits per heavy atom. The van der Waals surface area contributed by atoms with E-state index in [9.17, 15) is 14.4 Å². The van der Waals surface area contributed by atoms with Gasteiger partial charge in [0.25, 0.3) is 5.91 Å². The fourth-order valence-electron chi connectivity index (χ4n) is 6.10. The summed E-state index contributed by atoms with van der Waals surface area (Å²) < 4.78 is 15.4. The smallest absolute Gasteiger partial charge is 0.407 e. The van der Waals surface area contributed by atoms with Crippen molar-refractivity contribution in [3.8, 4) is 17.3 Å². The molecule has 1 aromatic carbocycles. The molecule has 4 aromatic rings. The van der Waals surface area contributed by atoms with Crippen molar-refractivity contribution < 1.29 is 23.9 Å². The molecule has 44 heavy (non-hydrogen) atoms. The number of likely N-dealkylation sites (tertiary alicyclic amines) is 1. The first-order chi connectivity index (χ1) is 21.0. The molecule has 0 bridgehead atoms. The summed E-state index contributed by atoms with van der Waals surface area (Å²) in [6, 6.07) is 9.09. The van der Waals surface area contributed by atoms with Crippen molar-refractivity contribution >= 4 is 40.4 Å². The van der Waals surface area contributed by atoms with E-state index in [0.717, 1.165) is 66.6 Å². The first kappa shape index (κ1) is 29.7. The maximum atomic E-state index is 14.0. The van der Waals surface area contributed by atoms with Gasteiger partial charge in [-0.15, -0.1) is 0 Å². The number of alkyl carbamates (subject to hydrolysis) is 1. The Bertz CT molecular complexity index is 1760. The summed E-state index contributed by atoms with van der Waals surface area (Å²) in [5, 5.41) is 3.87. The molecule has 3 aromatic heterocycles. The number of hydrogen-bond donors (Lipinski definition) is 1. The molecular formula is C33H40N6O5. The molecular weight excluding hydrogens is 560 g/mol. The predicted molar refractivity (Wildman–Crippen MR) is 167 cm³/mol. The van der Waals surface area contributed by atoms with Crippen molar-refractivity contribution in [1.82, 2.24) is 29.3 Å². The van der Waals surface area contributed by atoms with Crippen LogP contribution < -0.4 is 10.1 Å². The Morgan fingerprint density at radius 1 is 1.09 bits per heavy atom. The molecule has 0 radical (unpaired) electrons. The number of carbonyl (C=O) groups excluding carboxylic acids is 3. The van der Waals surface area contributed by atoms with Gasteiger partial charge in [0.2, 0.25) is 0 Å². The van der Waals surface area contributed by atoms with Crippen LogP contribution in [0.5, 0.6) is 5.75 Å². The van der Waals surface area contributed by atoms with Gasteiger partial charge in [0.05, 0.1) is 18.3 Å². The monoisotopic (exact) mass is 600 g/mol. The number of pyridine rings is 1. The fraction of sp³-hybridized carbons (Fsp3) is 0.485.